The summed E-state index contributed by atoms with van der Waals surface area (Å²) in [6.45, 7) is 9.04. The van der Waals surface area contributed by atoms with E-state index in [0.717, 1.165) is 13.0 Å². The summed E-state index contributed by atoms with van der Waals surface area (Å²) in [5.74, 6) is 0.567. The molecule has 1 rings (SSSR count). The van der Waals surface area contributed by atoms with Crippen LogP contribution in [-0.4, -0.2) is 21.4 Å². The van der Waals surface area contributed by atoms with E-state index >= 15 is 0 Å². The minimum Gasteiger partial charge on any atom is -0.329 e. The van der Waals surface area contributed by atoms with Crippen molar-refractivity contribution in [3.63, 3.8) is 0 Å². The first-order valence-corrected chi connectivity index (χ1v) is 6.16. The van der Waals surface area contributed by atoms with Gasteiger partial charge in [-0.3, -0.25) is 4.79 Å². The first-order chi connectivity index (χ1) is 7.86. The molecule has 96 valence electrons. The maximum Gasteiger partial charge on any atom is 0.199 e. The van der Waals surface area contributed by atoms with Crippen molar-refractivity contribution in [2.45, 2.75) is 53.1 Å². The zero-order chi connectivity index (χ0) is 13.1. The largest absolute Gasteiger partial charge is 0.329 e. The number of carbonyl (C=O) groups is 1. The maximum atomic E-state index is 12.1. The number of nitrogens with two attached hydrogens (primary N) is 1. The Labute approximate surface area is 103 Å². The van der Waals surface area contributed by atoms with Crippen molar-refractivity contribution >= 4 is 5.78 Å². The van der Waals surface area contributed by atoms with E-state index in [1.807, 2.05) is 31.5 Å². The Morgan fingerprint density at radius 1 is 1.53 bits per heavy atom. The lowest BCUT2D eigenvalue weighted by atomic mass is 9.84. The number of aryl methyl sites for hydroxylation is 1. The molecule has 4 heteroatoms. The first kappa shape index (κ1) is 13.9. The average Bonchev–Trinajstić information content (AvgIpc) is 2.65. The van der Waals surface area contributed by atoms with Crippen LogP contribution >= 0.6 is 0 Å². The Morgan fingerprint density at radius 2 is 2.18 bits per heavy atom. The van der Waals surface area contributed by atoms with Gasteiger partial charge in [0.05, 0.1) is 0 Å². The van der Waals surface area contributed by atoms with Crippen LogP contribution in [0.3, 0.4) is 0 Å². The van der Waals surface area contributed by atoms with Crippen LogP contribution < -0.4 is 5.73 Å². The van der Waals surface area contributed by atoms with Crippen LogP contribution in [0.15, 0.2) is 12.4 Å². The number of imidazole rings is 1. The van der Waals surface area contributed by atoms with E-state index < -0.39 is 0 Å². The third-order valence-corrected chi connectivity index (χ3v) is 2.95. The third kappa shape index (κ3) is 3.66. The van der Waals surface area contributed by atoms with Crippen molar-refractivity contribution in [3.8, 4) is 0 Å². The minimum absolute atomic E-state index is 0.0332. The number of nitrogens with zero attached hydrogens (tertiary/aromatic N) is 2. The van der Waals surface area contributed by atoms with Gasteiger partial charge in [-0.25, -0.2) is 4.98 Å². The quantitative estimate of drug-likeness (QED) is 0.799. The Balaban J connectivity index is 2.73. The van der Waals surface area contributed by atoms with Gasteiger partial charge in [-0.05, 0) is 11.8 Å². The number of Topliss-reactive ketones (excluding diaryl/α,β-unsaturated/α-hetero) is 1. The molecule has 4 nitrogen and oxygen atoms in total. The summed E-state index contributed by atoms with van der Waals surface area (Å²) in [4.78, 5) is 16.2. The SMILES string of the molecule is CCCn1ccnc1C(=O)CC(N)C(C)(C)C. The molecule has 1 aromatic heterocycles. The number of aromatic nitrogens is 2. The van der Waals surface area contributed by atoms with Crippen LogP contribution in [0.25, 0.3) is 0 Å². The Kier molecular flexibility index (Phi) is 4.46. The van der Waals surface area contributed by atoms with Gasteiger partial charge < -0.3 is 10.3 Å². The Hall–Kier alpha value is -1.16. The molecule has 0 aromatic carbocycles. The molecule has 2 N–H and O–H groups in total. The van der Waals surface area contributed by atoms with Gasteiger partial charge in [0.1, 0.15) is 0 Å². The van der Waals surface area contributed by atoms with Crippen LogP contribution in [0.4, 0.5) is 0 Å². The van der Waals surface area contributed by atoms with Gasteiger partial charge in [-0.1, -0.05) is 27.7 Å². The molecule has 0 bridgehead atoms. The molecule has 1 heterocycles. The molecule has 0 spiro atoms. The second kappa shape index (κ2) is 5.45. The molecule has 0 aliphatic carbocycles. The predicted octanol–water partition coefficient (Wildman–Crippen LogP) is 2.24. The lowest BCUT2D eigenvalue weighted by Crippen LogP contribution is -2.37. The zero-order valence-electron chi connectivity index (χ0n) is 11.2. The molecule has 1 unspecified atom stereocenters. The van der Waals surface area contributed by atoms with Crippen molar-refractivity contribution in [1.82, 2.24) is 9.55 Å². The van der Waals surface area contributed by atoms with E-state index in [4.69, 9.17) is 5.73 Å². The molecule has 0 saturated carbocycles. The summed E-state index contributed by atoms with van der Waals surface area (Å²) in [5, 5.41) is 0. The summed E-state index contributed by atoms with van der Waals surface area (Å²) >= 11 is 0. The fraction of sp³-hybridized carbons (Fsp3) is 0.692. The molecular weight excluding hydrogens is 214 g/mol. The molecule has 0 fully saturated rings. The molecular formula is C13H23N3O. The van der Waals surface area contributed by atoms with Crippen molar-refractivity contribution in [2.75, 3.05) is 0 Å². The number of hydrogen-bond acceptors (Lipinski definition) is 3. The van der Waals surface area contributed by atoms with Crippen molar-refractivity contribution < 1.29 is 4.79 Å². The molecule has 0 amide bonds. The van der Waals surface area contributed by atoms with E-state index in [0.29, 0.717) is 12.2 Å². The second-order valence-corrected chi connectivity index (χ2v) is 5.54. The number of rotatable bonds is 5. The van der Waals surface area contributed by atoms with E-state index in [1.54, 1.807) is 6.20 Å². The standard InChI is InChI=1S/C13H23N3O/c1-5-7-16-8-6-15-12(16)10(17)9-11(14)13(2,3)4/h6,8,11H,5,7,9,14H2,1-4H3. The van der Waals surface area contributed by atoms with E-state index in [2.05, 4.69) is 11.9 Å². The summed E-state index contributed by atoms with van der Waals surface area (Å²) in [6, 6.07) is -0.137. The lowest BCUT2D eigenvalue weighted by Gasteiger charge is -2.26. The number of carbonyl (C=O) groups excluding carboxylic acids is 1. The Bertz CT molecular complexity index is 376. The fourth-order valence-electron chi connectivity index (χ4n) is 1.58. The molecule has 1 atom stereocenters. The van der Waals surface area contributed by atoms with Crippen LogP contribution in [0.1, 0.15) is 51.2 Å². The molecule has 0 radical (unpaired) electrons. The van der Waals surface area contributed by atoms with Gasteiger partial charge in [-0.15, -0.1) is 0 Å². The maximum absolute atomic E-state index is 12.1. The number of ketones is 1. The van der Waals surface area contributed by atoms with Crippen LogP contribution in [0, 0.1) is 5.41 Å². The van der Waals surface area contributed by atoms with Crippen LogP contribution in [-0.2, 0) is 6.54 Å². The van der Waals surface area contributed by atoms with Gasteiger partial charge in [0.25, 0.3) is 0 Å². The van der Waals surface area contributed by atoms with E-state index in [9.17, 15) is 4.79 Å². The fourth-order valence-corrected chi connectivity index (χ4v) is 1.58. The predicted molar refractivity (Wildman–Crippen MR) is 68.9 cm³/mol. The van der Waals surface area contributed by atoms with Gasteiger partial charge in [-0.2, -0.15) is 0 Å². The Morgan fingerprint density at radius 3 is 2.71 bits per heavy atom. The molecule has 1 aromatic rings. The highest BCUT2D eigenvalue weighted by atomic mass is 16.1. The van der Waals surface area contributed by atoms with Gasteiger partial charge >= 0.3 is 0 Å². The summed E-state index contributed by atoms with van der Waals surface area (Å²) in [5.41, 5.74) is 5.97. The van der Waals surface area contributed by atoms with Crippen molar-refractivity contribution in [2.24, 2.45) is 11.1 Å². The lowest BCUT2D eigenvalue weighted by molar-refractivity contribution is 0.0938. The van der Waals surface area contributed by atoms with Gasteiger partial charge in [0.2, 0.25) is 0 Å². The highest BCUT2D eigenvalue weighted by Gasteiger charge is 2.25. The van der Waals surface area contributed by atoms with Crippen LogP contribution in [0.5, 0.6) is 0 Å². The topological polar surface area (TPSA) is 60.9 Å². The summed E-state index contributed by atoms with van der Waals surface area (Å²) in [6.07, 6.45) is 4.86. The molecule has 0 aliphatic rings. The molecule has 0 saturated heterocycles. The first-order valence-electron chi connectivity index (χ1n) is 6.16. The van der Waals surface area contributed by atoms with Crippen molar-refractivity contribution in [1.29, 1.82) is 0 Å². The summed E-state index contributed by atoms with van der Waals surface area (Å²) < 4.78 is 1.90. The number of hydrogen-bond donors (Lipinski definition) is 1. The smallest absolute Gasteiger partial charge is 0.199 e. The van der Waals surface area contributed by atoms with Crippen LogP contribution in [0.2, 0.25) is 0 Å². The van der Waals surface area contributed by atoms with Gasteiger partial charge in [0.15, 0.2) is 11.6 Å². The van der Waals surface area contributed by atoms with E-state index in [1.165, 1.54) is 0 Å². The third-order valence-electron chi connectivity index (χ3n) is 2.95. The minimum atomic E-state index is -0.137. The van der Waals surface area contributed by atoms with E-state index in [-0.39, 0.29) is 17.2 Å². The van der Waals surface area contributed by atoms with Gasteiger partial charge in [0, 0.05) is 31.4 Å². The zero-order valence-corrected chi connectivity index (χ0v) is 11.2. The normalized spacial score (nSPS) is 13.7. The highest BCUT2D eigenvalue weighted by molar-refractivity contribution is 5.93. The second-order valence-electron chi connectivity index (χ2n) is 5.54. The molecule has 0 aliphatic heterocycles. The summed E-state index contributed by atoms with van der Waals surface area (Å²) in [7, 11) is 0. The van der Waals surface area contributed by atoms with Crippen molar-refractivity contribution in [3.05, 3.63) is 18.2 Å². The molecule has 17 heavy (non-hydrogen) atoms. The highest BCUT2D eigenvalue weighted by Crippen LogP contribution is 2.21. The average molecular weight is 237 g/mol. The monoisotopic (exact) mass is 237 g/mol.